The van der Waals surface area contributed by atoms with Crippen LogP contribution in [0.1, 0.15) is 30.1 Å². The number of halogens is 1. The Balaban J connectivity index is 1.44. The number of piperazine rings is 1. The maximum absolute atomic E-state index is 11.2. The van der Waals surface area contributed by atoms with Crippen LogP contribution in [0.15, 0.2) is 48.7 Å². The largest absolute Gasteiger partial charge is 0.478 e. The van der Waals surface area contributed by atoms with E-state index in [4.69, 9.17) is 21.6 Å². The van der Waals surface area contributed by atoms with Crippen molar-refractivity contribution in [2.45, 2.75) is 31.8 Å². The minimum Gasteiger partial charge on any atom is -0.478 e. The first-order chi connectivity index (χ1) is 17.4. The summed E-state index contributed by atoms with van der Waals surface area (Å²) in [5, 5.41) is 19.4. The summed E-state index contributed by atoms with van der Waals surface area (Å²) >= 11 is 6.39. The molecule has 2 N–H and O–H groups in total. The molecular formula is C26H29ClN6O3. The highest BCUT2D eigenvalue weighted by Crippen LogP contribution is 2.32. The summed E-state index contributed by atoms with van der Waals surface area (Å²) in [6.07, 6.45) is 3.27. The Morgan fingerprint density at radius 1 is 1.11 bits per heavy atom. The third-order valence-corrected chi connectivity index (χ3v) is 7.18. The van der Waals surface area contributed by atoms with Crippen molar-refractivity contribution in [3.05, 3.63) is 59.2 Å². The van der Waals surface area contributed by atoms with Crippen molar-refractivity contribution >= 4 is 35.2 Å². The second kappa shape index (κ2) is 10.3. The quantitative estimate of drug-likeness (QED) is 0.516. The maximum atomic E-state index is 11.2. The van der Waals surface area contributed by atoms with Crippen LogP contribution in [0.5, 0.6) is 0 Å². The Morgan fingerprint density at radius 3 is 2.61 bits per heavy atom. The van der Waals surface area contributed by atoms with E-state index < -0.39 is 5.97 Å². The average Bonchev–Trinajstić information content (AvgIpc) is 3.38. The van der Waals surface area contributed by atoms with Crippen molar-refractivity contribution in [1.82, 2.24) is 15.0 Å². The molecule has 3 aromatic rings. The second-order valence-electron chi connectivity index (χ2n) is 9.27. The lowest BCUT2D eigenvalue weighted by molar-refractivity contribution is 0.0696. The predicted octanol–water partition coefficient (Wildman–Crippen LogP) is 3.57. The number of aromatic nitrogens is 3. The van der Waals surface area contributed by atoms with Crippen LogP contribution in [0, 0.1) is 0 Å². The van der Waals surface area contributed by atoms with Crippen LogP contribution in [-0.2, 0) is 0 Å². The van der Waals surface area contributed by atoms with Crippen LogP contribution < -0.4 is 14.7 Å². The highest BCUT2D eigenvalue weighted by atomic mass is 35.5. The monoisotopic (exact) mass is 508 g/mol. The minimum absolute atomic E-state index is 0.0279. The van der Waals surface area contributed by atoms with Crippen molar-refractivity contribution in [2.24, 2.45) is 0 Å². The van der Waals surface area contributed by atoms with Crippen LogP contribution in [0.2, 0.25) is 5.02 Å². The van der Waals surface area contributed by atoms with Crippen molar-refractivity contribution in [1.29, 1.82) is 0 Å². The Morgan fingerprint density at radius 2 is 1.92 bits per heavy atom. The normalized spacial score (nSPS) is 20.1. The topological polar surface area (TPSA) is 106 Å². The van der Waals surface area contributed by atoms with Gasteiger partial charge in [0.05, 0.1) is 28.9 Å². The highest BCUT2D eigenvalue weighted by Gasteiger charge is 2.30. The number of anilines is 3. The zero-order chi connectivity index (χ0) is 25.2. The smallest absolute Gasteiger partial charge is 0.337 e. The van der Waals surface area contributed by atoms with Crippen molar-refractivity contribution in [3.8, 4) is 11.3 Å². The summed E-state index contributed by atoms with van der Waals surface area (Å²) in [4.78, 5) is 31.9. The molecule has 2 aliphatic heterocycles. The maximum Gasteiger partial charge on any atom is 0.337 e. The molecule has 0 saturated carbocycles. The highest BCUT2D eigenvalue weighted by molar-refractivity contribution is 6.33. The van der Waals surface area contributed by atoms with Gasteiger partial charge in [-0.2, -0.15) is 4.98 Å². The number of aromatic carboxylic acids is 1. The standard InChI is InChI=1S/C26H29ClN6O3/c1-17-15-31(24-21(27)12-19(14-28-24)25(35)36)10-11-32(17)23-13-22(18-6-3-2-4-7-18)29-26(30-23)33-9-5-8-20(33)16-34/h2-4,6-7,12-14,17,20,34H,5,8-11,15-16H2,1H3,(H,35,36)/t17-,20+/m1/s1. The molecule has 2 aromatic heterocycles. The van der Waals surface area contributed by atoms with Crippen LogP contribution >= 0.6 is 11.6 Å². The van der Waals surface area contributed by atoms with E-state index in [1.807, 2.05) is 36.4 Å². The Hall–Kier alpha value is -3.43. The minimum atomic E-state index is -1.05. The van der Waals surface area contributed by atoms with Gasteiger partial charge in [-0.05, 0) is 25.8 Å². The Kier molecular flexibility index (Phi) is 6.93. The summed E-state index contributed by atoms with van der Waals surface area (Å²) in [6, 6.07) is 13.7. The van der Waals surface area contributed by atoms with E-state index in [0.717, 1.165) is 36.5 Å². The van der Waals surface area contributed by atoms with E-state index >= 15 is 0 Å². The Bertz CT molecular complexity index is 1240. The summed E-state index contributed by atoms with van der Waals surface area (Å²) in [5.41, 5.74) is 1.94. The fourth-order valence-electron chi connectivity index (χ4n) is 5.01. The first-order valence-electron chi connectivity index (χ1n) is 12.2. The Labute approximate surface area is 215 Å². The molecule has 0 spiro atoms. The second-order valence-corrected chi connectivity index (χ2v) is 9.68. The van der Waals surface area contributed by atoms with Gasteiger partial charge in [-0.1, -0.05) is 41.9 Å². The fourth-order valence-corrected chi connectivity index (χ4v) is 5.30. The van der Waals surface area contributed by atoms with Crippen molar-refractivity contribution in [2.75, 3.05) is 47.5 Å². The number of pyridine rings is 1. The van der Waals surface area contributed by atoms with Gasteiger partial charge < -0.3 is 24.9 Å². The van der Waals surface area contributed by atoms with E-state index in [1.165, 1.54) is 12.3 Å². The first-order valence-corrected chi connectivity index (χ1v) is 12.5. The number of benzene rings is 1. The van der Waals surface area contributed by atoms with Crippen LogP contribution in [0.3, 0.4) is 0 Å². The molecule has 2 atom stereocenters. The average molecular weight is 509 g/mol. The van der Waals surface area contributed by atoms with E-state index in [1.54, 1.807) is 0 Å². The SMILES string of the molecule is C[C@@H]1CN(c2ncc(C(=O)O)cc2Cl)CCN1c1cc(-c2ccccc2)nc(N2CCC[C@H]2CO)n1. The molecule has 0 unspecified atom stereocenters. The van der Waals surface area contributed by atoms with Gasteiger partial charge in [0, 0.05) is 50.0 Å². The molecule has 0 amide bonds. The molecule has 36 heavy (non-hydrogen) atoms. The molecule has 9 nitrogen and oxygen atoms in total. The number of aliphatic hydroxyl groups excluding tert-OH is 1. The van der Waals surface area contributed by atoms with Gasteiger partial charge in [0.1, 0.15) is 11.6 Å². The van der Waals surface area contributed by atoms with Gasteiger partial charge in [-0.15, -0.1) is 0 Å². The molecule has 5 rings (SSSR count). The van der Waals surface area contributed by atoms with Gasteiger partial charge in [-0.3, -0.25) is 0 Å². The summed E-state index contributed by atoms with van der Waals surface area (Å²) in [7, 11) is 0. The molecule has 2 aliphatic rings. The van der Waals surface area contributed by atoms with Gasteiger partial charge in [0.15, 0.2) is 0 Å². The third kappa shape index (κ3) is 4.81. The number of hydrogen-bond acceptors (Lipinski definition) is 8. The third-order valence-electron chi connectivity index (χ3n) is 6.91. The number of rotatable bonds is 6. The molecular weight excluding hydrogens is 480 g/mol. The molecule has 0 bridgehead atoms. The zero-order valence-electron chi connectivity index (χ0n) is 20.1. The molecule has 1 aromatic carbocycles. The molecule has 188 valence electrons. The summed E-state index contributed by atoms with van der Waals surface area (Å²) < 4.78 is 0. The van der Waals surface area contributed by atoms with Crippen LogP contribution in [0.4, 0.5) is 17.6 Å². The molecule has 2 fully saturated rings. The molecule has 10 heteroatoms. The number of aliphatic hydroxyl groups is 1. The number of nitrogens with zero attached hydrogens (tertiary/aromatic N) is 6. The predicted molar refractivity (Wildman–Crippen MR) is 140 cm³/mol. The van der Waals surface area contributed by atoms with E-state index in [0.29, 0.717) is 36.4 Å². The summed E-state index contributed by atoms with van der Waals surface area (Å²) in [6.45, 7) is 5.03. The molecule has 0 aliphatic carbocycles. The number of carboxylic acid groups (broad SMARTS) is 1. The first kappa shape index (κ1) is 24.3. The molecule has 4 heterocycles. The number of carboxylic acids is 1. The van der Waals surface area contributed by atoms with Gasteiger partial charge in [0.2, 0.25) is 5.95 Å². The van der Waals surface area contributed by atoms with Crippen molar-refractivity contribution in [3.63, 3.8) is 0 Å². The molecule has 2 saturated heterocycles. The molecule has 0 radical (unpaired) electrons. The van der Waals surface area contributed by atoms with Gasteiger partial charge >= 0.3 is 5.97 Å². The fraction of sp³-hybridized carbons (Fsp3) is 0.385. The van der Waals surface area contributed by atoms with Gasteiger partial charge in [-0.25, -0.2) is 14.8 Å². The van der Waals surface area contributed by atoms with Crippen LogP contribution in [0.25, 0.3) is 11.3 Å². The van der Waals surface area contributed by atoms with Crippen LogP contribution in [-0.4, -0.2) is 76.0 Å². The van der Waals surface area contributed by atoms with Gasteiger partial charge in [0.25, 0.3) is 0 Å². The van der Waals surface area contributed by atoms with E-state index in [-0.39, 0.29) is 24.3 Å². The number of carbonyl (C=O) groups is 1. The lowest BCUT2D eigenvalue weighted by atomic mass is 10.1. The zero-order valence-corrected chi connectivity index (χ0v) is 20.8. The number of hydrogen-bond donors (Lipinski definition) is 2. The van der Waals surface area contributed by atoms with Crippen molar-refractivity contribution < 1.29 is 15.0 Å². The van der Waals surface area contributed by atoms with E-state index in [9.17, 15) is 15.0 Å². The lowest BCUT2D eigenvalue weighted by Crippen LogP contribution is -2.53. The van der Waals surface area contributed by atoms with E-state index in [2.05, 4.69) is 26.6 Å². The lowest BCUT2D eigenvalue weighted by Gasteiger charge is -2.41. The summed E-state index contributed by atoms with van der Waals surface area (Å²) in [5.74, 6) is 1.02.